The van der Waals surface area contributed by atoms with Crippen LogP contribution in [0.4, 0.5) is 10.5 Å². The molecule has 0 spiro atoms. The highest BCUT2D eigenvalue weighted by atomic mass is 35.5. The number of ether oxygens (including phenoxy) is 3. The number of likely N-dealkylation sites (tertiary alicyclic amines) is 1. The molecule has 1 fully saturated rings. The van der Waals surface area contributed by atoms with E-state index in [0.29, 0.717) is 49.5 Å². The van der Waals surface area contributed by atoms with Crippen LogP contribution in [0.3, 0.4) is 0 Å². The fraction of sp³-hybridized carbons (Fsp3) is 0.423. The first-order valence-electron chi connectivity index (χ1n) is 11.8. The van der Waals surface area contributed by atoms with Gasteiger partial charge in [0, 0.05) is 38.3 Å². The Labute approximate surface area is 214 Å². The predicted molar refractivity (Wildman–Crippen MR) is 133 cm³/mol. The number of nitrogens with zero attached hydrogens (tertiary/aromatic N) is 2. The van der Waals surface area contributed by atoms with E-state index in [-0.39, 0.29) is 37.7 Å². The van der Waals surface area contributed by atoms with E-state index in [1.165, 1.54) is 4.90 Å². The van der Waals surface area contributed by atoms with Crippen LogP contribution in [-0.4, -0.2) is 73.3 Å². The zero-order valence-electron chi connectivity index (χ0n) is 20.0. The van der Waals surface area contributed by atoms with E-state index in [9.17, 15) is 19.5 Å². The van der Waals surface area contributed by atoms with Crippen LogP contribution >= 0.6 is 11.6 Å². The monoisotopic (exact) mass is 516 g/mol. The van der Waals surface area contributed by atoms with Crippen molar-refractivity contribution < 1.29 is 33.7 Å². The van der Waals surface area contributed by atoms with Gasteiger partial charge in [0.25, 0.3) is 11.1 Å². The minimum atomic E-state index is -0.985. The first-order chi connectivity index (χ1) is 17.4. The number of carbonyl (C=O) groups is 3. The van der Waals surface area contributed by atoms with E-state index in [1.807, 2.05) is 30.3 Å². The fourth-order valence-electron chi connectivity index (χ4n) is 4.65. The van der Waals surface area contributed by atoms with Crippen molar-refractivity contribution >= 4 is 34.5 Å². The Morgan fingerprint density at radius 3 is 2.67 bits per heavy atom. The standard InChI is InChI=1S/C26H29ClN2O7/c1-34-12-2-10-29-21-13-17(3-8-22(21)36-16-24(29)30)15-35-23-14-28(26(32)33)11-9-20(23)18-4-6-19(7-5-18)25(27)31/h3-8,13,20,23H,2,9-12,14-16H2,1H3,(H,32,33). The first-order valence-corrected chi connectivity index (χ1v) is 12.2. The summed E-state index contributed by atoms with van der Waals surface area (Å²) >= 11 is 5.57. The van der Waals surface area contributed by atoms with Crippen LogP contribution in [0.2, 0.25) is 0 Å². The molecule has 1 N–H and O–H groups in total. The number of carboxylic acid groups (broad SMARTS) is 1. The molecule has 192 valence electrons. The Balaban J connectivity index is 1.51. The third kappa shape index (κ3) is 5.98. The topological polar surface area (TPSA) is 106 Å². The van der Waals surface area contributed by atoms with Crippen molar-refractivity contribution in [1.29, 1.82) is 0 Å². The van der Waals surface area contributed by atoms with Gasteiger partial charge in [-0.1, -0.05) is 18.2 Å². The third-order valence-electron chi connectivity index (χ3n) is 6.56. The number of amides is 2. The quantitative estimate of drug-likeness (QED) is 0.398. The average Bonchev–Trinajstić information content (AvgIpc) is 2.88. The first kappa shape index (κ1) is 25.9. The van der Waals surface area contributed by atoms with Crippen LogP contribution in [0.15, 0.2) is 42.5 Å². The highest BCUT2D eigenvalue weighted by Gasteiger charge is 2.33. The largest absolute Gasteiger partial charge is 0.482 e. The van der Waals surface area contributed by atoms with Gasteiger partial charge >= 0.3 is 6.09 Å². The van der Waals surface area contributed by atoms with Crippen molar-refractivity contribution in [2.24, 2.45) is 0 Å². The Bertz CT molecular complexity index is 1110. The molecule has 2 aliphatic heterocycles. The van der Waals surface area contributed by atoms with Crippen LogP contribution in [0, 0.1) is 0 Å². The summed E-state index contributed by atoms with van der Waals surface area (Å²) in [5.41, 5.74) is 2.90. The van der Waals surface area contributed by atoms with Gasteiger partial charge in [-0.05, 0) is 59.8 Å². The van der Waals surface area contributed by atoms with Crippen LogP contribution in [0.5, 0.6) is 5.75 Å². The van der Waals surface area contributed by atoms with Crippen molar-refractivity contribution in [2.75, 3.05) is 44.9 Å². The second-order valence-corrected chi connectivity index (χ2v) is 9.19. The van der Waals surface area contributed by atoms with Gasteiger partial charge in [0.1, 0.15) is 5.75 Å². The molecule has 9 nitrogen and oxygen atoms in total. The zero-order valence-corrected chi connectivity index (χ0v) is 20.8. The number of rotatable bonds is 9. The number of piperidine rings is 1. The maximum absolute atomic E-state index is 12.5. The van der Waals surface area contributed by atoms with E-state index in [2.05, 4.69) is 0 Å². The lowest BCUT2D eigenvalue weighted by Crippen LogP contribution is -2.46. The molecule has 2 amide bonds. The minimum absolute atomic E-state index is 0.00128. The Morgan fingerprint density at radius 2 is 1.97 bits per heavy atom. The van der Waals surface area contributed by atoms with E-state index in [4.69, 9.17) is 25.8 Å². The molecule has 2 atom stereocenters. The number of benzene rings is 2. The normalized spacial score (nSPS) is 19.6. The number of fused-ring (bicyclic) bond motifs is 1. The molecule has 10 heteroatoms. The number of methoxy groups -OCH3 is 1. The fourth-order valence-corrected chi connectivity index (χ4v) is 4.78. The van der Waals surface area contributed by atoms with Gasteiger partial charge in [0.15, 0.2) is 6.61 Å². The maximum Gasteiger partial charge on any atom is 0.407 e. The van der Waals surface area contributed by atoms with Gasteiger partial charge in [0.2, 0.25) is 0 Å². The number of halogens is 1. The van der Waals surface area contributed by atoms with Crippen molar-refractivity contribution in [3.63, 3.8) is 0 Å². The number of carbonyl (C=O) groups excluding carboxylic acids is 2. The summed E-state index contributed by atoms with van der Waals surface area (Å²) in [5, 5.41) is 9.00. The van der Waals surface area contributed by atoms with Crippen molar-refractivity contribution in [3.05, 3.63) is 59.2 Å². The molecule has 2 aromatic carbocycles. The van der Waals surface area contributed by atoms with Crippen LogP contribution < -0.4 is 9.64 Å². The number of hydrogen-bond acceptors (Lipinski definition) is 6. The van der Waals surface area contributed by atoms with Crippen LogP contribution in [0.1, 0.15) is 40.2 Å². The summed E-state index contributed by atoms with van der Waals surface area (Å²) in [6.07, 6.45) is -0.0867. The lowest BCUT2D eigenvalue weighted by molar-refractivity contribution is -0.121. The molecule has 36 heavy (non-hydrogen) atoms. The molecule has 4 rings (SSSR count). The summed E-state index contributed by atoms with van der Waals surface area (Å²) in [5.74, 6) is 0.477. The molecule has 2 unspecified atom stereocenters. The molecule has 2 aliphatic rings. The van der Waals surface area contributed by atoms with E-state index in [0.717, 1.165) is 11.1 Å². The second kappa shape index (κ2) is 11.7. The summed E-state index contributed by atoms with van der Waals surface area (Å²) in [7, 11) is 1.63. The summed E-state index contributed by atoms with van der Waals surface area (Å²) in [4.78, 5) is 38.6. The molecule has 1 saturated heterocycles. The summed E-state index contributed by atoms with van der Waals surface area (Å²) in [6.45, 7) is 1.92. The third-order valence-corrected chi connectivity index (χ3v) is 6.77. The number of anilines is 1. The summed E-state index contributed by atoms with van der Waals surface area (Å²) in [6, 6.07) is 12.6. The maximum atomic E-state index is 12.5. The highest BCUT2D eigenvalue weighted by molar-refractivity contribution is 6.67. The molecule has 0 radical (unpaired) electrons. The Hall–Kier alpha value is -3.14. The zero-order chi connectivity index (χ0) is 25.7. The SMILES string of the molecule is COCCCN1C(=O)COc2ccc(COC3CN(C(=O)O)CCC3c3ccc(C(=O)Cl)cc3)cc21. The van der Waals surface area contributed by atoms with Crippen molar-refractivity contribution in [1.82, 2.24) is 4.90 Å². The molecule has 0 bridgehead atoms. The van der Waals surface area contributed by atoms with Gasteiger partial charge < -0.3 is 29.1 Å². The number of hydrogen-bond donors (Lipinski definition) is 1. The molecule has 2 aromatic rings. The molecular formula is C26H29ClN2O7. The van der Waals surface area contributed by atoms with Gasteiger partial charge in [-0.25, -0.2) is 4.79 Å². The molecule has 2 heterocycles. The second-order valence-electron chi connectivity index (χ2n) is 8.85. The van der Waals surface area contributed by atoms with Crippen LogP contribution in [0.25, 0.3) is 0 Å². The lowest BCUT2D eigenvalue weighted by atomic mass is 9.86. The van der Waals surface area contributed by atoms with Crippen molar-refractivity contribution in [2.45, 2.75) is 31.5 Å². The predicted octanol–water partition coefficient (Wildman–Crippen LogP) is 3.88. The van der Waals surface area contributed by atoms with E-state index < -0.39 is 11.3 Å². The van der Waals surface area contributed by atoms with Crippen molar-refractivity contribution in [3.8, 4) is 5.75 Å². The summed E-state index contributed by atoms with van der Waals surface area (Å²) < 4.78 is 17.0. The van der Waals surface area contributed by atoms with Gasteiger partial charge in [0.05, 0.1) is 24.9 Å². The smallest absolute Gasteiger partial charge is 0.407 e. The van der Waals surface area contributed by atoms with E-state index >= 15 is 0 Å². The Morgan fingerprint density at radius 1 is 1.19 bits per heavy atom. The molecule has 0 aromatic heterocycles. The van der Waals surface area contributed by atoms with Gasteiger partial charge in [-0.3, -0.25) is 9.59 Å². The Kier molecular flexibility index (Phi) is 8.45. The molecular weight excluding hydrogens is 488 g/mol. The molecule has 0 saturated carbocycles. The van der Waals surface area contributed by atoms with Crippen LogP contribution in [-0.2, 0) is 20.9 Å². The van der Waals surface area contributed by atoms with Gasteiger partial charge in [-0.2, -0.15) is 0 Å². The minimum Gasteiger partial charge on any atom is -0.482 e. The lowest BCUT2D eigenvalue weighted by Gasteiger charge is -2.37. The van der Waals surface area contributed by atoms with Gasteiger partial charge in [-0.15, -0.1) is 0 Å². The molecule has 0 aliphatic carbocycles. The van der Waals surface area contributed by atoms with E-state index in [1.54, 1.807) is 24.1 Å². The highest BCUT2D eigenvalue weighted by Crippen LogP contribution is 2.35. The average molecular weight is 517 g/mol.